The van der Waals surface area contributed by atoms with Gasteiger partial charge in [0, 0.05) is 0 Å². The normalized spacial score (nSPS) is 1.60. The topological polar surface area (TPSA) is 0 Å². The predicted octanol–water partition coefficient (Wildman–Crippen LogP) is -2.06. The van der Waals surface area contributed by atoms with Gasteiger partial charge in [0.15, 0.2) is 0 Å². The van der Waals surface area contributed by atoms with Crippen molar-refractivity contribution in [2.45, 2.75) is 0 Å². The standard InChI is InChI=1S/2As2H.Mn/c2*1-2;/h2*1H;/q2*-1;+2. The molecular weight excluding hydrogens is 355 g/mol. The van der Waals surface area contributed by atoms with Gasteiger partial charge in [0.1, 0.15) is 0 Å². The molecule has 0 spiro atoms. The zero-order valence-electron chi connectivity index (χ0n) is 2.27. The summed E-state index contributed by atoms with van der Waals surface area (Å²) in [4.78, 5) is 0. The summed E-state index contributed by atoms with van der Waals surface area (Å²) in [7, 11) is 0. The zero-order valence-corrected chi connectivity index (χ0v) is 11.4. The van der Waals surface area contributed by atoms with Gasteiger partial charge in [0.2, 0.25) is 0 Å². The first-order valence-corrected chi connectivity index (χ1v) is 12.1. The summed E-state index contributed by atoms with van der Waals surface area (Å²) < 4.78 is 0. The van der Waals surface area contributed by atoms with E-state index in [4.69, 9.17) is 0 Å². The molecule has 0 saturated carbocycles. The molecule has 0 aromatic rings. The Morgan fingerprint density at radius 3 is 0.800 bits per heavy atom. The van der Waals surface area contributed by atoms with E-state index in [0.29, 0.717) is 0 Å². The van der Waals surface area contributed by atoms with Crippen molar-refractivity contribution < 1.29 is 17.1 Å². The Hall–Kier alpha value is 2.75. The Balaban J connectivity index is -0.0000000133. The third-order valence-electron chi connectivity index (χ3n) is 0. The molecule has 5 heavy (non-hydrogen) atoms. The summed E-state index contributed by atoms with van der Waals surface area (Å²) in [5.41, 5.74) is 0. The van der Waals surface area contributed by atoms with Gasteiger partial charge in [-0.2, -0.15) is 0 Å². The second kappa shape index (κ2) is 29.5. The maximum atomic E-state index is 2.31. The predicted molar refractivity (Wildman–Crippen MR) is 25.8 cm³/mol. The van der Waals surface area contributed by atoms with Crippen molar-refractivity contribution >= 4 is 57.0 Å². The van der Waals surface area contributed by atoms with E-state index in [0.717, 1.165) is 0 Å². The van der Waals surface area contributed by atoms with E-state index in [9.17, 15) is 0 Å². The number of hydrogen-bond donors (Lipinski definition) is 0. The van der Waals surface area contributed by atoms with E-state index in [2.05, 4.69) is 28.5 Å². The summed E-state index contributed by atoms with van der Waals surface area (Å²) in [6, 6.07) is 0. The Bertz CT molecular complexity index is 5.61. The van der Waals surface area contributed by atoms with Gasteiger partial charge in [-0.05, 0) is 0 Å². The quantitative estimate of drug-likeness (QED) is 0.438. The molecule has 0 fully saturated rings. The van der Waals surface area contributed by atoms with Crippen molar-refractivity contribution in [1.29, 1.82) is 0 Å². The van der Waals surface area contributed by atoms with Crippen molar-refractivity contribution in [3.63, 3.8) is 0 Å². The Labute approximate surface area is 72.8 Å². The SMILES string of the molecule is [As-]=[AsH].[As-]=[AsH].[Mn+2]. The smallest absolute Gasteiger partial charge is 2.00 e. The molecule has 0 bridgehead atoms. The number of hydrogen-bond acceptors (Lipinski definition) is 0. The molecule has 0 rings (SSSR count). The maximum Gasteiger partial charge on any atom is 2.00 e. The molecule has 0 aliphatic carbocycles. The van der Waals surface area contributed by atoms with Crippen LogP contribution in [-0.4, -0.2) is 57.0 Å². The fraction of sp³-hybridized carbons (Fsp3) is 0. The van der Waals surface area contributed by atoms with E-state index in [1.807, 2.05) is 28.5 Å². The summed E-state index contributed by atoms with van der Waals surface area (Å²) >= 11 is 8.50. The van der Waals surface area contributed by atoms with Crippen LogP contribution in [0.3, 0.4) is 0 Å². The molecule has 0 nitrogen and oxygen atoms in total. The second-order valence-electron chi connectivity index (χ2n) is 0. The van der Waals surface area contributed by atoms with Gasteiger partial charge < -0.3 is 0 Å². The Morgan fingerprint density at radius 2 is 0.800 bits per heavy atom. The van der Waals surface area contributed by atoms with E-state index in [1.165, 1.54) is 0 Å². The average molecular weight is 357 g/mol. The van der Waals surface area contributed by atoms with Crippen molar-refractivity contribution in [2.75, 3.05) is 0 Å². The van der Waals surface area contributed by atoms with E-state index < -0.39 is 0 Å². The van der Waals surface area contributed by atoms with Crippen LogP contribution in [0.25, 0.3) is 0 Å². The van der Waals surface area contributed by atoms with Crippen LogP contribution in [0.1, 0.15) is 0 Å². The molecule has 0 aliphatic heterocycles. The van der Waals surface area contributed by atoms with Crippen LogP contribution in [0.5, 0.6) is 0 Å². The van der Waals surface area contributed by atoms with Crippen LogP contribution in [0.2, 0.25) is 0 Å². The molecule has 0 unspecified atom stereocenters. The minimum atomic E-state index is 0. The van der Waals surface area contributed by atoms with Gasteiger partial charge in [0.05, 0.1) is 0 Å². The van der Waals surface area contributed by atoms with Crippen molar-refractivity contribution in [1.82, 2.24) is 0 Å². The van der Waals surface area contributed by atoms with E-state index in [-0.39, 0.29) is 17.1 Å². The zero-order chi connectivity index (χ0) is 4.00. The first kappa shape index (κ1) is 15.7. The molecule has 0 atom stereocenters. The van der Waals surface area contributed by atoms with Crippen molar-refractivity contribution in [2.24, 2.45) is 0 Å². The molecule has 0 aromatic carbocycles. The van der Waals surface area contributed by atoms with Crippen LogP contribution in [-0.2, 0) is 17.1 Å². The maximum absolute atomic E-state index is 2.31. The number of rotatable bonds is 0. The van der Waals surface area contributed by atoms with E-state index >= 15 is 0 Å². The van der Waals surface area contributed by atoms with Crippen molar-refractivity contribution in [3.8, 4) is 0 Å². The van der Waals surface area contributed by atoms with Crippen LogP contribution in [0.15, 0.2) is 0 Å². The third-order valence-corrected chi connectivity index (χ3v) is 0. The minimum Gasteiger partial charge on any atom is 2.00 e. The largest absolute Gasteiger partial charge is 2.00 e. The molecule has 29 valence electrons. The molecular formula is H2As4Mn. The second-order valence-corrected chi connectivity index (χ2v) is 0. The van der Waals surface area contributed by atoms with E-state index in [1.54, 1.807) is 0 Å². The van der Waals surface area contributed by atoms with Crippen LogP contribution < -0.4 is 0 Å². The minimum absolute atomic E-state index is 0. The van der Waals surface area contributed by atoms with Gasteiger partial charge >= 0.3 is 74.0 Å². The Morgan fingerprint density at radius 1 is 0.800 bits per heavy atom. The summed E-state index contributed by atoms with van der Waals surface area (Å²) in [6.07, 6.45) is 0. The average Bonchev–Trinajstić information content (AvgIpc) is 1.50. The van der Waals surface area contributed by atoms with Gasteiger partial charge in [-0.25, -0.2) is 0 Å². The first-order valence-electron chi connectivity index (χ1n) is 0.447. The summed E-state index contributed by atoms with van der Waals surface area (Å²) in [6.45, 7) is 0. The van der Waals surface area contributed by atoms with Gasteiger partial charge in [-0.1, -0.05) is 0 Å². The molecule has 0 aliphatic rings. The van der Waals surface area contributed by atoms with Gasteiger partial charge in [-0.15, -0.1) is 0 Å². The summed E-state index contributed by atoms with van der Waals surface area (Å²) in [5, 5.41) is 0. The van der Waals surface area contributed by atoms with Crippen LogP contribution >= 0.6 is 0 Å². The fourth-order valence-electron chi connectivity index (χ4n) is 0. The Kier molecular flexibility index (Phi) is 92.3. The van der Waals surface area contributed by atoms with Gasteiger partial charge in [0.25, 0.3) is 0 Å². The monoisotopic (exact) mass is 357 g/mol. The molecule has 0 heterocycles. The molecule has 0 N–H and O–H groups in total. The van der Waals surface area contributed by atoms with Crippen LogP contribution in [0, 0.1) is 0 Å². The molecule has 1 radical (unpaired) electrons. The van der Waals surface area contributed by atoms with Crippen LogP contribution in [0.4, 0.5) is 0 Å². The molecule has 0 aromatic heterocycles. The van der Waals surface area contributed by atoms with Crippen molar-refractivity contribution in [3.05, 3.63) is 0 Å². The molecule has 0 saturated heterocycles. The molecule has 5 heteroatoms. The summed E-state index contributed by atoms with van der Waals surface area (Å²) in [5.74, 6) is 0. The third kappa shape index (κ3) is 20.1. The van der Waals surface area contributed by atoms with Gasteiger partial charge in [-0.3, -0.25) is 0 Å². The molecule has 0 amide bonds. The first-order chi connectivity index (χ1) is 2.00. The fourth-order valence-corrected chi connectivity index (χ4v) is 0.